The zero-order valence-electron chi connectivity index (χ0n) is 23.8. The Kier molecular flexibility index (Phi) is 14.1. The number of carbonyl (C=O) groups excluding carboxylic acids is 2. The summed E-state index contributed by atoms with van der Waals surface area (Å²) in [5.41, 5.74) is 3.60. The highest BCUT2D eigenvalue weighted by molar-refractivity contribution is 5.90. The number of ether oxygens (including phenoxy) is 2. The van der Waals surface area contributed by atoms with Crippen molar-refractivity contribution >= 4 is 11.9 Å². The van der Waals surface area contributed by atoms with Gasteiger partial charge in [-0.05, 0) is 74.4 Å². The maximum atomic E-state index is 12.8. The number of rotatable bonds is 17. The Morgan fingerprint density at radius 3 is 1.46 bits per heavy atom. The van der Waals surface area contributed by atoms with Crippen molar-refractivity contribution in [3.8, 4) is 0 Å². The SMILES string of the molecule is CCCCCCc1ccc(C(=O)OC(C)C(C)C(CC)OC(=O)c2ccc(CCCCCC)cc2)cc1. The maximum Gasteiger partial charge on any atom is 0.338 e. The van der Waals surface area contributed by atoms with E-state index in [0.29, 0.717) is 17.5 Å². The van der Waals surface area contributed by atoms with Crippen LogP contribution < -0.4 is 0 Å². The third kappa shape index (κ3) is 10.7. The minimum Gasteiger partial charge on any atom is -0.459 e. The molecule has 204 valence electrons. The van der Waals surface area contributed by atoms with Crippen molar-refractivity contribution in [3.05, 3.63) is 70.8 Å². The van der Waals surface area contributed by atoms with Gasteiger partial charge in [0.25, 0.3) is 0 Å². The van der Waals surface area contributed by atoms with Gasteiger partial charge in [-0.25, -0.2) is 9.59 Å². The first-order valence-electron chi connectivity index (χ1n) is 14.5. The fraction of sp³-hybridized carbons (Fsp3) is 0.576. The number of hydrogen-bond acceptors (Lipinski definition) is 4. The lowest BCUT2D eigenvalue weighted by atomic mass is 9.96. The van der Waals surface area contributed by atoms with Crippen molar-refractivity contribution in [2.75, 3.05) is 0 Å². The van der Waals surface area contributed by atoms with Crippen molar-refractivity contribution in [1.82, 2.24) is 0 Å². The molecule has 4 heteroatoms. The van der Waals surface area contributed by atoms with E-state index in [-0.39, 0.29) is 30.1 Å². The van der Waals surface area contributed by atoms with Gasteiger partial charge in [0.2, 0.25) is 0 Å². The average molecular weight is 509 g/mol. The van der Waals surface area contributed by atoms with E-state index in [1.54, 1.807) is 0 Å². The number of hydrogen-bond donors (Lipinski definition) is 0. The molecule has 2 aromatic carbocycles. The van der Waals surface area contributed by atoms with Crippen LogP contribution in [-0.4, -0.2) is 24.1 Å². The topological polar surface area (TPSA) is 52.6 Å². The summed E-state index contributed by atoms with van der Waals surface area (Å²) in [4.78, 5) is 25.5. The zero-order chi connectivity index (χ0) is 27.0. The summed E-state index contributed by atoms with van der Waals surface area (Å²) in [7, 11) is 0. The molecule has 0 N–H and O–H groups in total. The molecule has 3 atom stereocenters. The lowest BCUT2D eigenvalue weighted by molar-refractivity contribution is -0.0238. The van der Waals surface area contributed by atoms with Gasteiger partial charge >= 0.3 is 11.9 Å². The molecule has 0 fully saturated rings. The van der Waals surface area contributed by atoms with Crippen molar-refractivity contribution in [3.63, 3.8) is 0 Å². The molecule has 0 saturated heterocycles. The smallest absolute Gasteiger partial charge is 0.338 e. The largest absolute Gasteiger partial charge is 0.459 e. The second-order valence-electron chi connectivity index (χ2n) is 10.3. The fourth-order valence-electron chi connectivity index (χ4n) is 4.54. The second kappa shape index (κ2) is 17.0. The number of aryl methyl sites for hydroxylation is 2. The van der Waals surface area contributed by atoms with Gasteiger partial charge in [-0.3, -0.25) is 0 Å². The molecule has 2 rings (SSSR count). The Morgan fingerprint density at radius 2 is 1.05 bits per heavy atom. The van der Waals surface area contributed by atoms with E-state index in [4.69, 9.17) is 9.47 Å². The van der Waals surface area contributed by atoms with E-state index in [1.807, 2.05) is 69.3 Å². The van der Waals surface area contributed by atoms with E-state index >= 15 is 0 Å². The number of carbonyl (C=O) groups is 2. The molecule has 0 spiro atoms. The standard InChI is InChI=1S/C33H48O4/c1-6-9-11-13-15-27-17-21-29(22-18-27)32(34)36-26(5)25(4)31(8-3)37-33(35)30-23-19-28(20-24-30)16-14-12-10-7-2/h17-26,31H,6-16H2,1-5H3. The van der Waals surface area contributed by atoms with Crippen LogP contribution in [0.2, 0.25) is 0 Å². The van der Waals surface area contributed by atoms with E-state index in [1.165, 1.54) is 62.5 Å². The van der Waals surface area contributed by atoms with Gasteiger partial charge in [0.15, 0.2) is 0 Å². The molecule has 0 aromatic heterocycles. The molecule has 0 aliphatic carbocycles. The minimum atomic E-state index is -0.385. The van der Waals surface area contributed by atoms with Gasteiger partial charge < -0.3 is 9.47 Å². The molecule has 0 aliphatic heterocycles. The molecule has 4 nitrogen and oxygen atoms in total. The molecule has 0 heterocycles. The van der Waals surface area contributed by atoms with Gasteiger partial charge in [-0.1, -0.05) is 90.5 Å². The summed E-state index contributed by atoms with van der Waals surface area (Å²) in [5.74, 6) is -0.801. The predicted molar refractivity (Wildman–Crippen MR) is 152 cm³/mol. The Bertz CT molecular complexity index is 916. The summed E-state index contributed by atoms with van der Waals surface area (Å²) in [5, 5.41) is 0. The Morgan fingerprint density at radius 1 is 0.622 bits per heavy atom. The quantitative estimate of drug-likeness (QED) is 0.158. The molecule has 0 saturated carbocycles. The first-order valence-corrected chi connectivity index (χ1v) is 14.5. The molecule has 0 aliphatic rings. The molecule has 3 unspecified atom stereocenters. The fourth-order valence-corrected chi connectivity index (χ4v) is 4.54. The molecular formula is C33H48O4. The molecule has 0 amide bonds. The van der Waals surface area contributed by atoms with Crippen LogP contribution in [-0.2, 0) is 22.3 Å². The van der Waals surface area contributed by atoms with Gasteiger partial charge in [0.1, 0.15) is 12.2 Å². The lowest BCUT2D eigenvalue weighted by Crippen LogP contribution is -2.34. The molecule has 2 aromatic rings. The normalized spacial score (nSPS) is 13.5. The van der Waals surface area contributed by atoms with Crippen LogP contribution in [0, 0.1) is 5.92 Å². The van der Waals surface area contributed by atoms with E-state index in [2.05, 4.69) is 13.8 Å². The van der Waals surface area contributed by atoms with Crippen LogP contribution >= 0.6 is 0 Å². The first-order chi connectivity index (χ1) is 17.9. The second-order valence-corrected chi connectivity index (χ2v) is 10.3. The average Bonchev–Trinajstić information content (AvgIpc) is 2.92. The zero-order valence-corrected chi connectivity index (χ0v) is 23.8. The van der Waals surface area contributed by atoms with E-state index < -0.39 is 0 Å². The summed E-state index contributed by atoms with van der Waals surface area (Å²) in [6.45, 7) is 10.3. The molecule has 37 heavy (non-hydrogen) atoms. The van der Waals surface area contributed by atoms with Crippen molar-refractivity contribution in [2.24, 2.45) is 5.92 Å². The lowest BCUT2D eigenvalue weighted by Gasteiger charge is -2.28. The molecule has 0 bridgehead atoms. The Labute approximate surface area is 225 Å². The van der Waals surface area contributed by atoms with Crippen LogP contribution in [0.4, 0.5) is 0 Å². The van der Waals surface area contributed by atoms with Gasteiger partial charge in [-0.15, -0.1) is 0 Å². The minimum absolute atomic E-state index is 0.131. The summed E-state index contributed by atoms with van der Waals surface area (Å²) in [6, 6.07) is 15.5. The highest BCUT2D eigenvalue weighted by Gasteiger charge is 2.28. The van der Waals surface area contributed by atoms with Crippen LogP contribution in [0.25, 0.3) is 0 Å². The van der Waals surface area contributed by atoms with E-state index in [0.717, 1.165) is 12.8 Å². The number of esters is 2. The highest BCUT2D eigenvalue weighted by atomic mass is 16.6. The maximum absolute atomic E-state index is 12.8. The van der Waals surface area contributed by atoms with Crippen molar-refractivity contribution in [1.29, 1.82) is 0 Å². The third-order valence-corrected chi connectivity index (χ3v) is 7.30. The predicted octanol–water partition coefficient (Wildman–Crippen LogP) is 8.75. The summed E-state index contributed by atoms with van der Waals surface area (Å²) in [6.07, 6.45) is 11.8. The van der Waals surface area contributed by atoms with E-state index in [9.17, 15) is 9.59 Å². The number of unbranched alkanes of at least 4 members (excludes halogenated alkanes) is 6. The highest BCUT2D eigenvalue weighted by Crippen LogP contribution is 2.21. The van der Waals surface area contributed by atoms with Crippen LogP contribution in [0.15, 0.2) is 48.5 Å². The van der Waals surface area contributed by atoms with Crippen LogP contribution in [0.5, 0.6) is 0 Å². The monoisotopic (exact) mass is 508 g/mol. The van der Waals surface area contributed by atoms with Gasteiger partial charge in [-0.2, -0.15) is 0 Å². The van der Waals surface area contributed by atoms with Crippen LogP contribution in [0.1, 0.15) is 124 Å². The van der Waals surface area contributed by atoms with Crippen molar-refractivity contribution in [2.45, 2.75) is 117 Å². The third-order valence-electron chi connectivity index (χ3n) is 7.30. The molecule has 0 radical (unpaired) electrons. The Balaban J connectivity index is 1.86. The molecular weight excluding hydrogens is 460 g/mol. The first kappa shape index (κ1) is 30.6. The number of benzene rings is 2. The summed E-state index contributed by atoms with van der Waals surface area (Å²) >= 11 is 0. The van der Waals surface area contributed by atoms with Gasteiger partial charge in [0.05, 0.1) is 11.1 Å². The summed E-state index contributed by atoms with van der Waals surface area (Å²) < 4.78 is 11.6. The Hall–Kier alpha value is -2.62. The van der Waals surface area contributed by atoms with Crippen molar-refractivity contribution < 1.29 is 19.1 Å². The van der Waals surface area contributed by atoms with Gasteiger partial charge in [0, 0.05) is 5.92 Å². The van der Waals surface area contributed by atoms with Crippen LogP contribution in [0.3, 0.4) is 0 Å².